The van der Waals surface area contributed by atoms with Crippen LogP contribution >= 0.6 is 0 Å². The van der Waals surface area contributed by atoms with Crippen molar-refractivity contribution in [3.63, 3.8) is 0 Å². The van der Waals surface area contributed by atoms with E-state index >= 15 is 0 Å². The first-order valence-corrected chi connectivity index (χ1v) is 10.1. The minimum atomic E-state index is -0.286. The first kappa shape index (κ1) is 20.9. The van der Waals surface area contributed by atoms with Gasteiger partial charge in [-0.15, -0.1) is 0 Å². The standard InChI is InChI=1S/C26H21N3O3/c1-31-24-16-19(11-12-23(24)32-14-13-18-7-3-2-4-8-18)15-20(17-27)25-28-22-10-6-5-9-21(22)26(30)29-25/h2-12,15-16H,13-14H2,1H3,(H,28,29,30). The molecule has 0 radical (unpaired) electrons. The molecule has 1 heterocycles. The number of nitrogens with zero attached hydrogens (tertiary/aromatic N) is 2. The highest BCUT2D eigenvalue weighted by Crippen LogP contribution is 2.29. The van der Waals surface area contributed by atoms with E-state index in [2.05, 4.69) is 28.2 Å². The van der Waals surface area contributed by atoms with Crippen LogP contribution < -0.4 is 15.0 Å². The average Bonchev–Trinajstić information content (AvgIpc) is 2.83. The monoisotopic (exact) mass is 423 g/mol. The average molecular weight is 423 g/mol. The van der Waals surface area contributed by atoms with E-state index in [0.717, 1.165) is 12.0 Å². The number of nitrogens with one attached hydrogen (secondary N) is 1. The minimum absolute atomic E-state index is 0.221. The second-order valence-electron chi connectivity index (χ2n) is 7.10. The van der Waals surface area contributed by atoms with Crippen molar-refractivity contribution in [2.75, 3.05) is 13.7 Å². The van der Waals surface area contributed by atoms with Crippen LogP contribution in [0.15, 0.2) is 77.6 Å². The number of fused-ring (bicyclic) bond motifs is 1. The zero-order valence-corrected chi connectivity index (χ0v) is 17.5. The van der Waals surface area contributed by atoms with E-state index in [4.69, 9.17) is 9.47 Å². The molecule has 0 spiro atoms. The summed E-state index contributed by atoms with van der Waals surface area (Å²) in [6.45, 7) is 0.515. The molecule has 1 aromatic heterocycles. The Bertz CT molecular complexity index is 1370. The Hall–Kier alpha value is -4.37. The van der Waals surface area contributed by atoms with Crippen molar-refractivity contribution in [2.45, 2.75) is 6.42 Å². The molecular formula is C26H21N3O3. The number of rotatable bonds is 7. The Labute approximate surface area is 185 Å². The van der Waals surface area contributed by atoms with Crippen molar-refractivity contribution in [2.24, 2.45) is 0 Å². The Morgan fingerprint density at radius 2 is 1.84 bits per heavy atom. The van der Waals surface area contributed by atoms with Gasteiger partial charge < -0.3 is 14.5 Å². The Balaban J connectivity index is 1.57. The molecule has 0 aliphatic carbocycles. The molecule has 0 aliphatic heterocycles. The molecular weight excluding hydrogens is 402 g/mol. The largest absolute Gasteiger partial charge is 0.493 e. The Morgan fingerprint density at radius 1 is 1.06 bits per heavy atom. The molecule has 0 unspecified atom stereocenters. The fourth-order valence-electron chi connectivity index (χ4n) is 3.35. The lowest BCUT2D eigenvalue weighted by molar-refractivity contribution is 0.297. The molecule has 0 bridgehead atoms. The number of benzene rings is 3. The summed E-state index contributed by atoms with van der Waals surface area (Å²) in [5.41, 5.74) is 2.41. The zero-order valence-electron chi connectivity index (χ0n) is 17.5. The lowest BCUT2D eigenvalue weighted by Gasteiger charge is -2.11. The summed E-state index contributed by atoms with van der Waals surface area (Å²) < 4.78 is 11.4. The van der Waals surface area contributed by atoms with Gasteiger partial charge in [-0.3, -0.25) is 4.79 Å². The van der Waals surface area contributed by atoms with Gasteiger partial charge in [0, 0.05) is 6.42 Å². The summed E-state index contributed by atoms with van der Waals surface area (Å²) in [4.78, 5) is 19.5. The van der Waals surface area contributed by atoms with Gasteiger partial charge >= 0.3 is 0 Å². The normalized spacial score (nSPS) is 11.2. The molecule has 1 N–H and O–H groups in total. The van der Waals surface area contributed by atoms with Crippen molar-refractivity contribution >= 4 is 22.6 Å². The highest BCUT2D eigenvalue weighted by molar-refractivity contribution is 5.89. The molecule has 158 valence electrons. The number of hydrogen-bond acceptors (Lipinski definition) is 5. The second-order valence-corrected chi connectivity index (χ2v) is 7.10. The lowest BCUT2D eigenvalue weighted by atomic mass is 10.1. The first-order valence-electron chi connectivity index (χ1n) is 10.1. The summed E-state index contributed by atoms with van der Waals surface area (Å²) >= 11 is 0. The number of H-pyrrole nitrogens is 1. The van der Waals surface area contributed by atoms with Crippen molar-refractivity contribution in [1.29, 1.82) is 5.26 Å². The van der Waals surface area contributed by atoms with Crippen molar-refractivity contribution < 1.29 is 9.47 Å². The number of aromatic nitrogens is 2. The molecule has 3 aromatic carbocycles. The molecule has 4 aromatic rings. The van der Waals surface area contributed by atoms with Crippen LogP contribution in [0.1, 0.15) is 17.0 Å². The number of hydrogen-bond donors (Lipinski definition) is 1. The van der Waals surface area contributed by atoms with E-state index < -0.39 is 0 Å². The summed E-state index contributed by atoms with van der Waals surface area (Å²) in [7, 11) is 1.57. The molecule has 6 nitrogen and oxygen atoms in total. The van der Waals surface area contributed by atoms with Gasteiger partial charge in [-0.1, -0.05) is 48.5 Å². The molecule has 32 heavy (non-hydrogen) atoms. The molecule has 4 rings (SSSR count). The van der Waals surface area contributed by atoms with E-state index in [9.17, 15) is 10.1 Å². The first-order chi connectivity index (χ1) is 15.7. The number of ether oxygens (including phenoxy) is 2. The predicted molar refractivity (Wildman–Crippen MR) is 124 cm³/mol. The third-order valence-corrected chi connectivity index (χ3v) is 4.98. The summed E-state index contributed by atoms with van der Waals surface area (Å²) in [5.74, 6) is 1.40. The molecule has 0 fully saturated rings. The van der Waals surface area contributed by atoms with Crippen LogP contribution in [0, 0.1) is 11.3 Å². The van der Waals surface area contributed by atoms with Crippen molar-refractivity contribution in [3.8, 4) is 17.6 Å². The van der Waals surface area contributed by atoms with E-state index in [1.807, 2.05) is 24.3 Å². The van der Waals surface area contributed by atoms with Crippen molar-refractivity contribution in [3.05, 3.63) is 100 Å². The zero-order chi connectivity index (χ0) is 22.3. The molecule has 0 saturated carbocycles. The number of para-hydroxylation sites is 1. The van der Waals surface area contributed by atoms with Crippen LogP contribution in [-0.2, 0) is 6.42 Å². The third-order valence-electron chi connectivity index (χ3n) is 4.98. The molecule has 0 amide bonds. The highest BCUT2D eigenvalue weighted by Gasteiger charge is 2.10. The fourth-order valence-corrected chi connectivity index (χ4v) is 3.35. The van der Waals surface area contributed by atoms with E-state index in [1.54, 1.807) is 49.6 Å². The van der Waals surface area contributed by atoms with Gasteiger partial charge in [-0.2, -0.15) is 5.26 Å². The fraction of sp³-hybridized carbons (Fsp3) is 0.115. The second kappa shape index (κ2) is 9.63. The summed E-state index contributed by atoms with van der Waals surface area (Å²) in [6, 6.07) is 24.7. The topological polar surface area (TPSA) is 88.0 Å². The van der Waals surface area contributed by atoms with Crippen LogP contribution in [0.4, 0.5) is 0 Å². The van der Waals surface area contributed by atoms with Crippen LogP contribution in [0.3, 0.4) is 0 Å². The van der Waals surface area contributed by atoms with Gasteiger partial charge in [0.05, 0.1) is 30.2 Å². The number of nitriles is 1. The quantitative estimate of drug-likeness (QED) is 0.438. The van der Waals surface area contributed by atoms with Gasteiger partial charge in [0.15, 0.2) is 17.3 Å². The Kier molecular flexibility index (Phi) is 6.28. The third kappa shape index (κ3) is 4.68. The molecule has 0 saturated heterocycles. The molecule has 0 aliphatic rings. The van der Waals surface area contributed by atoms with Crippen LogP contribution in [-0.4, -0.2) is 23.7 Å². The molecule has 0 atom stereocenters. The Morgan fingerprint density at radius 3 is 2.62 bits per heavy atom. The SMILES string of the molecule is COc1cc(C=C(C#N)c2nc3ccccc3c(=O)[nH]2)ccc1OCCc1ccccc1. The van der Waals surface area contributed by atoms with Gasteiger partial charge in [0.25, 0.3) is 5.56 Å². The summed E-state index contributed by atoms with van der Waals surface area (Å²) in [5, 5.41) is 10.2. The van der Waals surface area contributed by atoms with Crippen LogP contribution in [0.5, 0.6) is 11.5 Å². The van der Waals surface area contributed by atoms with Gasteiger partial charge in [-0.05, 0) is 41.5 Å². The predicted octanol–water partition coefficient (Wildman–Crippen LogP) is 4.62. The van der Waals surface area contributed by atoms with E-state index in [-0.39, 0.29) is 17.0 Å². The maximum atomic E-state index is 12.4. The molecule has 6 heteroatoms. The van der Waals surface area contributed by atoms with E-state index in [1.165, 1.54) is 5.56 Å². The highest BCUT2D eigenvalue weighted by atomic mass is 16.5. The van der Waals surface area contributed by atoms with E-state index in [0.29, 0.717) is 29.0 Å². The minimum Gasteiger partial charge on any atom is -0.493 e. The maximum absolute atomic E-state index is 12.4. The van der Waals surface area contributed by atoms with Gasteiger partial charge in [-0.25, -0.2) is 4.98 Å². The number of methoxy groups -OCH3 is 1. The van der Waals surface area contributed by atoms with Crippen LogP contribution in [0.2, 0.25) is 0 Å². The van der Waals surface area contributed by atoms with Crippen molar-refractivity contribution in [1.82, 2.24) is 9.97 Å². The maximum Gasteiger partial charge on any atom is 0.259 e. The summed E-state index contributed by atoms with van der Waals surface area (Å²) in [6.07, 6.45) is 2.44. The van der Waals surface area contributed by atoms with Gasteiger partial charge in [0.2, 0.25) is 0 Å². The van der Waals surface area contributed by atoms with Crippen LogP contribution in [0.25, 0.3) is 22.6 Å². The number of aromatic amines is 1. The smallest absolute Gasteiger partial charge is 0.259 e. The van der Waals surface area contributed by atoms with Gasteiger partial charge in [0.1, 0.15) is 6.07 Å². The lowest BCUT2D eigenvalue weighted by Crippen LogP contribution is -2.11. The number of allylic oxidation sites excluding steroid dienone is 1.